The maximum atomic E-state index is 12.1. The van der Waals surface area contributed by atoms with Crippen molar-refractivity contribution in [2.45, 2.75) is 18.9 Å². The number of sulfonamides is 1. The lowest BCUT2D eigenvalue weighted by Crippen LogP contribution is -2.62. The molecule has 3 aliphatic rings. The molecule has 0 unspecified atom stereocenters. The van der Waals surface area contributed by atoms with Crippen LogP contribution in [0.2, 0.25) is 0 Å². The molecule has 0 amide bonds. The summed E-state index contributed by atoms with van der Waals surface area (Å²) in [6, 6.07) is 0.642. The Morgan fingerprint density at radius 3 is 2.18 bits per heavy atom. The van der Waals surface area contributed by atoms with Gasteiger partial charge in [0.1, 0.15) is 0 Å². The summed E-state index contributed by atoms with van der Waals surface area (Å²) in [4.78, 5) is 2.42. The monoisotopic (exact) mass is 259 g/mol. The number of piperazine rings is 1. The van der Waals surface area contributed by atoms with Crippen molar-refractivity contribution in [3.05, 3.63) is 0 Å². The maximum Gasteiger partial charge on any atom is 0.214 e. The lowest BCUT2D eigenvalue weighted by Gasteiger charge is -2.42. The van der Waals surface area contributed by atoms with Crippen molar-refractivity contribution in [1.29, 1.82) is 0 Å². The standard InChI is InChI=1S/C11H21N3O2S/c15-17(16,9-10-1-2-10)14-5-3-13(4-6-14)11-7-12-8-11/h10-12H,1-9H2. The minimum Gasteiger partial charge on any atom is -0.314 e. The third-order valence-electron chi connectivity index (χ3n) is 4.09. The van der Waals surface area contributed by atoms with Gasteiger partial charge in [0.05, 0.1) is 5.75 Å². The smallest absolute Gasteiger partial charge is 0.214 e. The minimum atomic E-state index is -2.97. The van der Waals surface area contributed by atoms with Crippen LogP contribution in [0.15, 0.2) is 0 Å². The summed E-state index contributed by atoms with van der Waals surface area (Å²) >= 11 is 0. The van der Waals surface area contributed by atoms with Gasteiger partial charge in [-0.1, -0.05) is 0 Å². The molecule has 3 fully saturated rings. The summed E-state index contributed by atoms with van der Waals surface area (Å²) in [6.45, 7) is 5.30. The van der Waals surface area contributed by atoms with Crippen molar-refractivity contribution >= 4 is 10.0 Å². The number of hydrogen-bond acceptors (Lipinski definition) is 4. The summed E-state index contributed by atoms with van der Waals surface area (Å²) in [5, 5.41) is 3.26. The van der Waals surface area contributed by atoms with E-state index in [-0.39, 0.29) is 0 Å². The molecule has 2 heterocycles. The third kappa shape index (κ3) is 2.65. The maximum absolute atomic E-state index is 12.1. The van der Waals surface area contributed by atoms with Crippen molar-refractivity contribution in [2.24, 2.45) is 5.92 Å². The summed E-state index contributed by atoms with van der Waals surface area (Å²) < 4.78 is 25.9. The van der Waals surface area contributed by atoms with Gasteiger partial charge in [0.15, 0.2) is 0 Å². The van der Waals surface area contributed by atoms with Crippen LogP contribution in [-0.4, -0.2) is 68.7 Å². The fourth-order valence-electron chi connectivity index (χ4n) is 2.57. The summed E-state index contributed by atoms with van der Waals surface area (Å²) in [7, 11) is -2.97. The van der Waals surface area contributed by atoms with Gasteiger partial charge in [0.2, 0.25) is 10.0 Å². The molecule has 2 aliphatic heterocycles. The zero-order chi connectivity index (χ0) is 11.9. The second kappa shape index (κ2) is 4.50. The number of nitrogens with zero attached hydrogens (tertiary/aromatic N) is 2. The molecule has 0 spiro atoms. The molecule has 17 heavy (non-hydrogen) atoms. The Hall–Kier alpha value is -0.170. The molecule has 0 aromatic rings. The van der Waals surface area contributed by atoms with E-state index in [1.807, 2.05) is 0 Å². The summed E-state index contributed by atoms with van der Waals surface area (Å²) in [6.07, 6.45) is 2.21. The van der Waals surface area contributed by atoms with Gasteiger partial charge >= 0.3 is 0 Å². The SMILES string of the molecule is O=S(=O)(CC1CC1)N1CCN(C2CNC2)CC1. The van der Waals surface area contributed by atoms with E-state index in [1.54, 1.807) is 4.31 Å². The first-order chi connectivity index (χ1) is 8.15. The molecular weight excluding hydrogens is 238 g/mol. The van der Waals surface area contributed by atoms with E-state index in [4.69, 9.17) is 0 Å². The summed E-state index contributed by atoms with van der Waals surface area (Å²) in [5.41, 5.74) is 0. The van der Waals surface area contributed by atoms with Crippen molar-refractivity contribution in [3.8, 4) is 0 Å². The third-order valence-corrected chi connectivity index (χ3v) is 6.13. The first-order valence-corrected chi connectivity index (χ1v) is 8.19. The van der Waals surface area contributed by atoms with Crippen LogP contribution < -0.4 is 5.32 Å². The van der Waals surface area contributed by atoms with E-state index < -0.39 is 10.0 Å². The van der Waals surface area contributed by atoms with E-state index >= 15 is 0 Å². The van der Waals surface area contributed by atoms with E-state index in [9.17, 15) is 8.42 Å². The highest BCUT2D eigenvalue weighted by molar-refractivity contribution is 7.89. The van der Waals surface area contributed by atoms with Gasteiger partial charge in [-0.2, -0.15) is 4.31 Å². The van der Waals surface area contributed by atoms with Gasteiger partial charge in [-0.25, -0.2) is 8.42 Å². The molecule has 3 rings (SSSR count). The molecule has 6 heteroatoms. The molecule has 0 atom stereocenters. The molecule has 0 bridgehead atoms. The molecular formula is C11H21N3O2S. The lowest BCUT2D eigenvalue weighted by molar-refractivity contribution is 0.103. The van der Waals surface area contributed by atoms with Gasteiger partial charge in [-0.05, 0) is 18.8 Å². The minimum absolute atomic E-state index is 0.387. The lowest BCUT2D eigenvalue weighted by atomic mass is 10.1. The molecule has 0 radical (unpaired) electrons. The van der Waals surface area contributed by atoms with E-state index in [0.717, 1.165) is 39.0 Å². The van der Waals surface area contributed by atoms with Crippen molar-refractivity contribution in [2.75, 3.05) is 45.0 Å². The first-order valence-electron chi connectivity index (χ1n) is 6.58. The van der Waals surface area contributed by atoms with Gasteiger partial charge in [0.25, 0.3) is 0 Å². The largest absolute Gasteiger partial charge is 0.314 e. The molecule has 1 saturated carbocycles. The van der Waals surface area contributed by atoms with Crippen LogP contribution in [0.3, 0.4) is 0 Å². The average molecular weight is 259 g/mol. The number of hydrogen-bond donors (Lipinski definition) is 1. The van der Waals surface area contributed by atoms with Gasteiger partial charge < -0.3 is 5.32 Å². The van der Waals surface area contributed by atoms with Crippen molar-refractivity contribution in [1.82, 2.24) is 14.5 Å². The van der Waals surface area contributed by atoms with Crippen molar-refractivity contribution < 1.29 is 8.42 Å². The van der Waals surface area contributed by atoms with Crippen LogP contribution in [0.4, 0.5) is 0 Å². The molecule has 2 saturated heterocycles. The quantitative estimate of drug-likeness (QED) is 0.726. The van der Waals surface area contributed by atoms with Crippen LogP contribution in [-0.2, 0) is 10.0 Å². The van der Waals surface area contributed by atoms with Crippen LogP contribution >= 0.6 is 0 Å². The molecule has 98 valence electrons. The van der Waals surface area contributed by atoms with Crippen LogP contribution in [0, 0.1) is 5.92 Å². The average Bonchev–Trinajstić information content (AvgIpc) is 2.99. The first kappa shape index (κ1) is 11.9. The second-order valence-electron chi connectivity index (χ2n) is 5.47. The highest BCUT2D eigenvalue weighted by Crippen LogP contribution is 2.31. The Morgan fingerprint density at radius 2 is 1.71 bits per heavy atom. The highest BCUT2D eigenvalue weighted by Gasteiger charge is 2.35. The molecule has 0 aromatic heterocycles. The zero-order valence-electron chi connectivity index (χ0n) is 10.1. The Morgan fingerprint density at radius 1 is 1.06 bits per heavy atom. The Balaban J connectivity index is 1.52. The number of rotatable bonds is 4. The second-order valence-corrected chi connectivity index (χ2v) is 7.48. The molecule has 1 aliphatic carbocycles. The van der Waals surface area contributed by atoms with Crippen LogP contribution in [0.5, 0.6) is 0 Å². The normalized spacial score (nSPS) is 29.2. The van der Waals surface area contributed by atoms with Crippen LogP contribution in [0.1, 0.15) is 12.8 Å². The fraction of sp³-hybridized carbons (Fsp3) is 1.00. The van der Waals surface area contributed by atoms with E-state index in [1.165, 1.54) is 0 Å². The fourth-order valence-corrected chi connectivity index (χ4v) is 4.43. The van der Waals surface area contributed by atoms with Crippen molar-refractivity contribution in [3.63, 3.8) is 0 Å². The van der Waals surface area contributed by atoms with E-state index in [0.29, 0.717) is 30.8 Å². The van der Waals surface area contributed by atoms with E-state index in [2.05, 4.69) is 10.2 Å². The van der Waals surface area contributed by atoms with Gasteiger partial charge in [-0.15, -0.1) is 0 Å². The van der Waals surface area contributed by atoms with Crippen LogP contribution in [0.25, 0.3) is 0 Å². The topological polar surface area (TPSA) is 52.7 Å². The predicted octanol–water partition coefficient (Wildman–Crippen LogP) is -0.684. The predicted molar refractivity (Wildman–Crippen MR) is 66.3 cm³/mol. The highest BCUT2D eigenvalue weighted by atomic mass is 32.2. The molecule has 5 nitrogen and oxygen atoms in total. The molecule has 1 N–H and O–H groups in total. The number of nitrogens with one attached hydrogen (secondary N) is 1. The Bertz CT molecular complexity index is 368. The van der Waals surface area contributed by atoms with Gasteiger partial charge in [-0.3, -0.25) is 4.90 Å². The zero-order valence-corrected chi connectivity index (χ0v) is 11.0. The summed E-state index contributed by atoms with van der Waals surface area (Å²) in [5.74, 6) is 0.840. The van der Waals surface area contributed by atoms with Gasteiger partial charge in [0, 0.05) is 45.3 Å². The Kier molecular flexibility index (Phi) is 3.15. The molecule has 0 aromatic carbocycles. The Labute approximate surface area is 103 Å².